The summed E-state index contributed by atoms with van der Waals surface area (Å²) in [4.78, 5) is 4.70. The average Bonchev–Trinajstić information content (AvgIpc) is 2.72. The van der Waals surface area contributed by atoms with E-state index in [1.165, 1.54) is 0 Å². The molecule has 0 aliphatic carbocycles. The number of amidine groups is 1. The minimum atomic E-state index is -1.46. The first-order valence-corrected chi connectivity index (χ1v) is 11.5. The van der Waals surface area contributed by atoms with Crippen LogP contribution in [0.5, 0.6) is 0 Å². The van der Waals surface area contributed by atoms with Crippen LogP contribution in [-0.2, 0) is 11.2 Å². The minimum Gasteiger partial charge on any atom is -0.387 e. The van der Waals surface area contributed by atoms with E-state index in [-0.39, 0.29) is 10.9 Å². The van der Waals surface area contributed by atoms with Crippen molar-refractivity contribution in [1.82, 2.24) is 10.6 Å². The molecule has 0 saturated carbocycles. The lowest BCUT2D eigenvalue weighted by Crippen LogP contribution is -2.56. The number of nitrogens with one attached hydrogen (secondary N) is 3. The van der Waals surface area contributed by atoms with E-state index < -0.39 is 40.1 Å². The molecule has 10 heteroatoms. The maximum atomic E-state index is 13.7. The average molecular weight is 467 g/mol. The van der Waals surface area contributed by atoms with Crippen LogP contribution in [0, 0.1) is 11.6 Å². The summed E-state index contributed by atoms with van der Waals surface area (Å²) in [6.45, 7) is 6.19. The Morgan fingerprint density at radius 3 is 2.44 bits per heavy atom. The fourth-order valence-electron chi connectivity index (χ4n) is 3.57. The molecular formula is C22H30F2N5O2S+. The third kappa shape index (κ3) is 5.76. The molecule has 7 nitrogen and oxygen atoms in total. The molecule has 0 amide bonds. The van der Waals surface area contributed by atoms with Crippen LogP contribution in [0.25, 0.3) is 0 Å². The number of aliphatic hydroxyl groups is 1. The smallest absolute Gasteiger partial charge is 0.196 e. The fraction of sp³-hybridized carbons (Fsp3) is 0.409. The number of nitrogens with zero attached hydrogens (tertiary/aromatic N) is 1. The normalized spacial score (nSPS) is 21.0. The number of halogens is 2. The molecule has 7 N–H and O–H groups in total. The van der Waals surface area contributed by atoms with Gasteiger partial charge in [0.2, 0.25) is 0 Å². The second-order valence-electron chi connectivity index (χ2n) is 8.17. The van der Waals surface area contributed by atoms with Crippen molar-refractivity contribution >= 4 is 22.7 Å². The van der Waals surface area contributed by atoms with Gasteiger partial charge in [0.25, 0.3) is 0 Å². The molecule has 0 radical (unpaired) electrons. The molecule has 0 bridgehead atoms. The molecule has 32 heavy (non-hydrogen) atoms. The molecular weight excluding hydrogens is 436 g/mol. The predicted octanol–water partition coefficient (Wildman–Crippen LogP) is 2.91. The third-order valence-corrected chi connectivity index (χ3v) is 7.35. The Hall–Kier alpha value is -2.24. The summed E-state index contributed by atoms with van der Waals surface area (Å²) in [6.07, 6.45) is -0.908. The molecule has 2 aromatic rings. The Balaban J connectivity index is 1.77. The second kappa shape index (κ2) is 10.1. The van der Waals surface area contributed by atoms with Crippen molar-refractivity contribution in [2.45, 2.75) is 55.4 Å². The molecule has 0 fully saturated rings. The number of aliphatic hydroxyl groups excluding tert-OH is 1. The maximum Gasteiger partial charge on any atom is 0.196 e. The van der Waals surface area contributed by atoms with Crippen molar-refractivity contribution in [3.8, 4) is 0 Å². The zero-order valence-electron chi connectivity index (χ0n) is 18.3. The predicted molar refractivity (Wildman–Crippen MR) is 124 cm³/mol. The SMILES string of the molecule is CCNC(O)Nc1ccc(C2N=C(N)CC(C(C)(C)[S+](O)c3cc(F)cc(F)c3)N2)cc1. The Bertz CT molecular complexity index is 938. The van der Waals surface area contributed by atoms with Gasteiger partial charge in [-0.1, -0.05) is 19.1 Å². The lowest BCUT2D eigenvalue weighted by atomic mass is 9.96. The summed E-state index contributed by atoms with van der Waals surface area (Å²) >= 11 is -1.46. The second-order valence-corrected chi connectivity index (χ2v) is 10.3. The molecule has 174 valence electrons. The van der Waals surface area contributed by atoms with Crippen LogP contribution < -0.4 is 21.7 Å². The fourth-order valence-corrected chi connectivity index (χ4v) is 5.05. The number of nitrogens with two attached hydrogens (primary N) is 1. The van der Waals surface area contributed by atoms with E-state index in [2.05, 4.69) is 20.9 Å². The summed E-state index contributed by atoms with van der Waals surface area (Å²) < 4.78 is 37.6. The third-order valence-electron chi connectivity index (χ3n) is 5.39. The summed E-state index contributed by atoms with van der Waals surface area (Å²) in [7, 11) is 0. The van der Waals surface area contributed by atoms with Crippen LogP contribution >= 0.6 is 0 Å². The van der Waals surface area contributed by atoms with Gasteiger partial charge in [0.1, 0.15) is 17.8 Å². The first kappa shape index (κ1) is 24.4. The molecule has 0 spiro atoms. The van der Waals surface area contributed by atoms with Gasteiger partial charge in [-0.3, -0.25) is 10.6 Å². The van der Waals surface area contributed by atoms with Gasteiger partial charge in [0, 0.05) is 30.3 Å². The van der Waals surface area contributed by atoms with Crippen molar-refractivity contribution in [3.63, 3.8) is 0 Å². The quantitative estimate of drug-likeness (QED) is 0.263. The van der Waals surface area contributed by atoms with Gasteiger partial charge in [-0.2, -0.15) is 4.55 Å². The van der Waals surface area contributed by atoms with Crippen molar-refractivity contribution in [1.29, 1.82) is 0 Å². The summed E-state index contributed by atoms with van der Waals surface area (Å²) in [5, 5.41) is 19.0. The zero-order chi connectivity index (χ0) is 23.5. The lowest BCUT2D eigenvalue weighted by Gasteiger charge is -2.36. The van der Waals surface area contributed by atoms with Gasteiger partial charge in [-0.25, -0.2) is 13.8 Å². The van der Waals surface area contributed by atoms with Gasteiger partial charge in [0.15, 0.2) is 27.2 Å². The highest BCUT2D eigenvalue weighted by Gasteiger charge is 2.50. The van der Waals surface area contributed by atoms with Gasteiger partial charge >= 0.3 is 0 Å². The van der Waals surface area contributed by atoms with Crippen LogP contribution in [-0.4, -0.2) is 39.2 Å². The van der Waals surface area contributed by atoms with Crippen molar-refractivity contribution in [3.05, 3.63) is 59.7 Å². The molecule has 1 heterocycles. The molecule has 0 saturated heterocycles. The first-order chi connectivity index (χ1) is 15.1. The standard InChI is InChI=1S/C22H30F2N5O2S/c1-4-26-21(30)27-16-7-5-13(6-8-16)20-28-18(12-19(25)29-20)22(2,3)32(31)17-10-14(23)9-15(24)11-17/h5-11,18,20-21,26-28,30-31H,4,12H2,1-3H3,(H2,25,29)/q+1. The molecule has 4 unspecified atom stereocenters. The van der Waals surface area contributed by atoms with E-state index in [9.17, 15) is 18.4 Å². The van der Waals surface area contributed by atoms with Crippen molar-refractivity contribution in [2.24, 2.45) is 10.7 Å². The van der Waals surface area contributed by atoms with Gasteiger partial charge in [-0.05, 0) is 38.1 Å². The number of rotatable bonds is 8. The van der Waals surface area contributed by atoms with Gasteiger partial charge in [0.05, 0.1) is 11.9 Å². The molecule has 3 rings (SSSR count). The Labute approximate surface area is 189 Å². The summed E-state index contributed by atoms with van der Waals surface area (Å²) in [6, 6.07) is 10.2. The summed E-state index contributed by atoms with van der Waals surface area (Å²) in [5.74, 6) is -1.03. The van der Waals surface area contributed by atoms with Crippen LogP contribution in [0.15, 0.2) is 52.4 Å². The van der Waals surface area contributed by atoms with E-state index in [1.54, 1.807) is 0 Å². The molecule has 1 aliphatic rings. The van der Waals surface area contributed by atoms with E-state index in [0.717, 1.165) is 29.4 Å². The van der Waals surface area contributed by atoms with E-state index in [0.29, 0.717) is 18.8 Å². The zero-order valence-corrected chi connectivity index (χ0v) is 19.1. The number of hydrogen-bond donors (Lipinski definition) is 6. The highest BCUT2D eigenvalue weighted by atomic mass is 32.2. The van der Waals surface area contributed by atoms with Crippen molar-refractivity contribution in [2.75, 3.05) is 11.9 Å². The maximum absolute atomic E-state index is 13.7. The Kier molecular flexibility index (Phi) is 7.73. The van der Waals surface area contributed by atoms with Crippen molar-refractivity contribution < 1.29 is 18.4 Å². The van der Waals surface area contributed by atoms with E-state index >= 15 is 0 Å². The van der Waals surface area contributed by atoms with Crippen LogP contribution in [0.1, 0.15) is 38.9 Å². The highest BCUT2D eigenvalue weighted by molar-refractivity contribution is 7.93. The molecule has 0 aromatic heterocycles. The number of aliphatic imine (C=N–C) groups is 1. The monoisotopic (exact) mass is 466 g/mol. The Morgan fingerprint density at radius 1 is 1.22 bits per heavy atom. The number of anilines is 1. The largest absolute Gasteiger partial charge is 0.387 e. The van der Waals surface area contributed by atoms with Crippen LogP contribution in [0.2, 0.25) is 0 Å². The van der Waals surface area contributed by atoms with E-state index in [1.807, 2.05) is 45.0 Å². The first-order valence-electron chi connectivity index (χ1n) is 10.4. The van der Waals surface area contributed by atoms with Crippen LogP contribution in [0.4, 0.5) is 14.5 Å². The minimum absolute atomic E-state index is 0.196. The molecule has 2 aromatic carbocycles. The summed E-state index contributed by atoms with van der Waals surface area (Å²) in [5.41, 5.74) is 7.71. The van der Waals surface area contributed by atoms with Crippen LogP contribution in [0.3, 0.4) is 0 Å². The van der Waals surface area contributed by atoms with Gasteiger partial charge < -0.3 is 16.2 Å². The van der Waals surface area contributed by atoms with Gasteiger partial charge in [-0.15, -0.1) is 0 Å². The number of hydrogen-bond acceptors (Lipinski definition) is 7. The molecule has 1 aliphatic heterocycles. The topological polar surface area (TPSA) is 115 Å². The molecule has 4 atom stereocenters. The number of benzene rings is 2. The Morgan fingerprint density at radius 2 is 1.84 bits per heavy atom. The highest BCUT2D eigenvalue weighted by Crippen LogP contribution is 2.34. The van der Waals surface area contributed by atoms with E-state index in [4.69, 9.17) is 5.73 Å². The lowest BCUT2D eigenvalue weighted by molar-refractivity contribution is 0.168.